The summed E-state index contributed by atoms with van der Waals surface area (Å²) in [6.45, 7) is -0.604. The molecule has 31 heavy (non-hydrogen) atoms. The standard InChI is InChI=1S/C22H20F3N3O3/c23-13-3-1-10(2-4-13)19-18(15-7-14(24)8-16(25)20(15)28-19)11-5-12(6-11)22(31)27-17(9-29)21(26)30/h1-4,7-8,11-12,17,28-29H,5-6,9H2,(H2,26,30)(H,27,31)/t11?,12?,17-/m1/s1. The van der Waals surface area contributed by atoms with E-state index in [2.05, 4.69) is 10.3 Å². The predicted molar refractivity (Wildman–Crippen MR) is 107 cm³/mol. The molecule has 1 aliphatic carbocycles. The van der Waals surface area contributed by atoms with Crippen LogP contribution in [0.2, 0.25) is 0 Å². The van der Waals surface area contributed by atoms with Crippen molar-refractivity contribution in [1.82, 2.24) is 10.3 Å². The van der Waals surface area contributed by atoms with Crippen LogP contribution >= 0.6 is 0 Å². The lowest BCUT2D eigenvalue weighted by atomic mass is 9.69. The lowest BCUT2D eigenvalue weighted by Gasteiger charge is -2.35. The molecule has 9 heteroatoms. The van der Waals surface area contributed by atoms with Crippen molar-refractivity contribution in [2.75, 3.05) is 6.61 Å². The average molecular weight is 431 g/mol. The molecule has 0 radical (unpaired) electrons. The summed E-state index contributed by atoms with van der Waals surface area (Å²) >= 11 is 0. The van der Waals surface area contributed by atoms with E-state index in [9.17, 15) is 22.8 Å². The normalized spacial score (nSPS) is 19.1. The number of hydrogen-bond acceptors (Lipinski definition) is 3. The molecule has 0 bridgehead atoms. The Bertz CT molecular complexity index is 1150. The molecule has 1 aromatic heterocycles. The van der Waals surface area contributed by atoms with Gasteiger partial charge in [0.25, 0.3) is 0 Å². The maximum absolute atomic E-state index is 14.4. The average Bonchev–Trinajstić information content (AvgIpc) is 3.05. The number of nitrogens with one attached hydrogen (secondary N) is 2. The van der Waals surface area contributed by atoms with E-state index < -0.39 is 47.8 Å². The number of carbonyl (C=O) groups is 2. The van der Waals surface area contributed by atoms with Crippen LogP contribution in [0.15, 0.2) is 36.4 Å². The minimum atomic E-state index is -1.17. The van der Waals surface area contributed by atoms with Gasteiger partial charge in [-0.3, -0.25) is 9.59 Å². The van der Waals surface area contributed by atoms with Crippen LogP contribution in [-0.4, -0.2) is 34.6 Å². The number of primary amides is 1. The highest BCUT2D eigenvalue weighted by Crippen LogP contribution is 2.48. The van der Waals surface area contributed by atoms with Crippen LogP contribution in [0.1, 0.15) is 24.3 Å². The van der Waals surface area contributed by atoms with Gasteiger partial charge in [-0.2, -0.15) is 0 Å². The Morgan fingerprint density at radius 3 is 2.42 bits per heavy atom. The molecule has 2 aromatic carbocycles. The van der Waals surface area contributed by atoms with E-state index in [1.807, 2.05) is 0 Å². The van der Waals surface area contributed by atoms with Crippen molar-refractivity contribution < 1.29 is 27.9 Å². The Morgan fingerprint density at radius 1 is 1.13 bits per heavy atom. The van der Waals surface area contributed by atoms with Gasteiger partial charge >= 0.3 is 0 Å². The number of rotatable bonds is 6. The Labute approximate surface area is 175 Å². The lowest BCUT2D eigenvalue weighted by molar-refractivity contribution is -0.132. The summed E-state index contributed by atoms with van der Waals surface area (Å²) in [5, 5.41) is 11.9. The van der Waals surface area contributed by atoms with Crippen LogP contribution in [-0.2, 0) is 9.59 Å². The summed E-state index contributed by atoms with van der Waals surface area (Å²) in [6, 6.07) is 6.48. The van der Waals surface area contributed by atoms with E-state index in [4.69, 9.17) is 10.8 Å². The third-order valence-electron chi connectivity index (χ3n) is 5.76. The highest BCUT2D eigenvalue weighted by atomic mass is 19.1. The van der Waals surface area contributed by atoms with E-state index in [1.165, 1.54) is 18.2 Å². The molecule has 0 aliphatic heterocycles. The van der Waals surface area contributed by atoms with Crippen LogP contribution in [0.5, 0.6) is 0 Å². The highest BCUT2D eigenvalue weighted by Gasteiger charge is 2.39. The molecule has 1 atom stereocenters. The van der Waals surface area contributed by atoms with Gasteiger partial charge in [0, 0.05) is 17.4 Å². The van der Waals surface area contributed by atoms with E-state index in [1.54, 1.807) is 12.1 Å². The third kappa shape index (κ3) is 3.88. The van der Waals surface area contributed by atoms with Crippen molar-refractivity contribution in [1.29, 1.82) is 0 Å². The zero-order valence-electron chi connectivity index (χ0n) is 16.3. The van der Waals surface area contributed by atoms with Gasteiger partial charge in [0.15, 0.2) is 0 Å². The molecule has 1 saturated carbocycles. The molecule has 0 saturated heterocycles. The number of aliphatic hydroxyl groups excluding tert-OH is 1. The number of nitrogens with two attached hydrogens (primary N) is 1. The number of aliphatic hydroxyl groups is 1. The molecule has 1 fully saturated rings. The molecular weight excluding hydrogens is 411 g/mol. The quantitative estimate of drug-likeness (QED) is 0.482. The molecule has 3 aromatic rings. The summed E-state index contributed by atoms with van der Waals surface area (Å²) in [4.78, 5) is 26.6. The van der Waals surface area contributed by atoms with Gasteiger partial charge in [0.1, 0.15) is 23.5 Å². The van der Waals surface area contributed by atoms with Crippen LogP contribution in [0.4, 0.5) is 13.2 Å². The molecule has 2 amide bonds. The van der Waals surface area contributed by atoms with Crippen LogP contribution in [0, 0.1) is 23.4 Å². The number of amides is 2. The molecule has 1 heterocycles. The predicted octanol–water partition coefficient (Wildman–Crippen LogP) is 2.71. The summed E-state index contributed by atoms with van der Waals surface area (Å²) < 4.78 is 41.7. The molecule has 0 unspecified atom stereocenters. The van der Waals surface area contributed by atoms with Gasteiger partial charge < -0.3 is 21.1 Å². The second-order valence-electron chi connectivity index (χ2n) is 7.74. The minimum absolute atomic E-state index is 0.137. The third-order valence-corrected chi connectivity index (χ3v) is 5.76. The number of fused-ring (bicyclic) bond motifs is 1. The topological polar surface area (TPSA) is 108 Å². The Balaban J connectivity index is 1.66. The number of aromatic amines is 1. The van der Waals surface area contributed by atoms with Gasteiger partial charge in [0.2, 0.25) is 11.8 Å². The largest absolute Gasteiger partial charge is 0.394 e. The van der Waals surface area contributed by atoms with Crippen molar-refractivity contribution in [3.8, 4) is 11.3 Å². The van der Waals surface area contributed by atoms with Gasteiger partial charge in [0.05, 0.1) is 17.8 Å². The van der Waals surface area contributed by atoms with E-state index in [0.29, 0.717) is 35.0 Å². The summed E-state index contributed by atoms with van der Waals surface area (Å²) in [6.07, 6.45) is 0.754. The molecule has 1 aliphatic rings. The first-order valence-corrected chi connectivity index (χ1v) is 9.75. The fourth-order valence-electron chi connectivity index (χ4n) is 4.07. The molecule has 0 spiro atoms. The first-order valence-electron chi connectivity index (χ1n) is 9.75. The number of carbonyl (C=O) groups excluding carboxylic acids is 2. The first-order chi connectivity index (χ1) is 14.8. The smallest absolute Gasteiger partial charge is 0.242 e. The summed E-state index contributed by atoms with van der Waals surface area (Å²) in [5.41, 5.74) is 7.06. The maximum atomic E-state index is 14.4. The highest BCUT2D eigenvalue weighted by molar-refractivity contribution is 5.93. The van der Waals surface area contributed by atoms with Crippen LogP contribution in [0.3, 0.4) is 0 Å². The fourth-order valence-corrected chi connectivity index (χ4v) is 4.07. The molecular formula is C22H20F3N3O3. The van der Waals surface area contributed by atoms with E-state index in [0.717, 1.165) is 6.07 Å². The summed E-state index contributed by atoms with van der Waals surface area (Å²) in [5.74, 6) is -3.79. The monoisotopic (exact) mass is 431 g/mol. The fraction of sp³-hybridized carbons (Fsp3) is 0.273. The Hall–Kier alpha value is -3.33. The van der Waals surface area contributed by atoms with Gasteiger partial charge in [-0.15, -0.1) is 0 Å². The van der Waals surface area contributed by atoms with Crippen LogP contribution in [0.25, 0.3) is 22.2 Å². The van der Waals surface area contributed by atoms with Gasteiger partial charge in [-0.05, 0) is 60.2 Å². The van der Waals surface area contributed by atoms with Crippen molar-refractivity contribution in [3.05, 3.63) is 59.4 Å². The maximum Gasteiger partial charge on any atom is 0.242 e. The Morgan fingerprint density at radius 2 is 1.81 bits per heavy atom. The number of benzene rings is 2. The van der Waals surface area contributed by atoms with Gasteiger partial charge in [-0.25, -0.2) is 13.2 Å². The van der Waals surface area contributed by atoms with Crippen molar-refractivity contribution in [3.63, 3.8) is 0 Å². The van der Waals surface area contributed by atoms with E-state index >= 15 is 0 Å². The van der Waals surface area contributed by atoms with Crippen LogP contribution < -0.4 is 11.1 Å². The number of aromatic nitrogens is 1. The first kappa shape index (κ1) is 20.9. The molecule has 4 rings (SSSR count). The minimum Gasteiger partial charge on any atom is -0.394 e. The number of H-pyrrole nitrogens is 1. The van der Waals surface area contributed by atoms with Crippen molar-refractivity contribution >= 4 is 22.7 Å². The summed E-state index contributed by atoms with van der Waals surface area (Å²) in [7, 11) is 0. The van der Waals surface area contributed by atoms with E-state index in [-0.39, 0.29) is 11.4 Å². The zero-order chi connectivity index (χ0) is 22.3. The van der Waals surface area contributed by atoms with Crippen molar-refractivity contribution in [2.45, 2.75) is 24.8 Å². The van der Waals surface area contributed by atoms with Gasteiger partial charge in [-0.1, -0.05) is 0 Å². The molecule has 5 N–H and O–H groups in total. The lowest BCUT2D eigenvalue weighted by Crippen LogP contribution is -2.50. The molecule has 162 valence electrons. The second kappa shape index (κ2) is 8.07. The number of halogens is 3. The molecule has 6 nitrogen and oxygen atoms in total. The number of hydrogen-bond donors (Lipinski definition) is 4. The second-order valence-corrected chi connectivity index (χ2v) is 7.74. The SMILES string of the molecule is NC(=O)[C@@H](CO)NC(=O)C1CC(c2c(-c3ccc(F)cc3)[nH]c3c(F)cc(F)cc23)C1. The van der Waals surface area contributed by atoms with Crippen molar-refractivity contribution in [2.24, 2.45) is 11.7 Å². The zero-order valence-corrected chi connectivity index (χ0v) is 16.3. The Kier molecular flexibility index (Phi) is 5.45.